The summed E-state index contributed by atoms with van der Waals surface area (Å²) < 4.78 is 0. The van der Waals surface area contributed by atoms with Crippen molar-refractivity contribution in [2.75, 3.05) is 6.26 Å². The van der Waals surface area contributed by atoms with Gasteiger partial charge >= 0.3 is 0 Å². The molecule has 0 spiro atoms. The molecule has 62 valence electrons. The SMILES string of the molecule is CC.CC.CCC.CS. The molecule has 0 amide bonds. The van der Waals surface area contributed by atoms with Crippen LogP contribution >= 0.6 is 12.6 Å². The van der Waals surface area contributed by atoms with Crippen molar-refractivity contribution >= 4 is 12.6 Å². The maximum Gasteiger partial charge on any atom is -0.0215 e. The second-order valence-corrected chi connectivity index (χ2v) is 0.707. The van der Waals surface area contributed by atoms with Crippen LogP contribution in [0.1, 0.15) is 48.0 Å². The second-order valence-electron chi connectivity index (χ2n) is 0.707. The van der Waals surface area contributed by atoms with Gasteiger partial charge in [0.2, 0.25) is 0 Å². The predicted octanol–water partition coefficient (Wildman–Crippen LogP) is 4.01. The lowest BCUT2D eigenvalue weighted by Gasteiger charge is -1.48. The Labute approximate surface area is 67.5 Å². The van der Waals surface area contributed by atoms with Crippen molar-refractivity contribution < 1.29 is 0 Å². The zero-order chi connectivity index (χ0) is 8.71. The average molecular weight is 152 g/mol. The van der Waals surface area contributed by atoms with Crippen LogP contribution in [0.2, 0.25) is 0 Å². The minimum atomic E-state index is 1.25. The van der Waals surface area contributed by atoms with Crippen molar-refractivity contribution in [3.8, 4) is 0 Å². The van der Waals surface area contributed by atoms with Crippen LogP contribution in [-0.4, -0.2) is 6.26 Å². The van der Waals surface area contributed by atoms with E-state index in [1.54, 1.807) is 6.26 Å². The van der Waals surface area contributed by atoms with Gasteiger partial charge in [0.1, 0.15) is 0 Å². The van der Waals surface area contributed by atoms with Gasteiger partial charge in [0.15, 0.2) is 0 Å². The summed E-state index contributed by atoms with van der Waals surface area (Å²) in [6, 6.07) is 0. The van der Waals surface area contributed by atoms with Gasteiger partial charge < -0.3 is 0 Å². The first-order chi connectivity index (χ1) is 4.41. The standard InChI is InChI=1S/C3H8.2C2H6.CH4S/c1-3-2;3*1-2/h3H2,1-2H3;2*1-2H3;2H,1H3. The summed E-state index contributed by atoms with van der Waals surface area (Å²) in [4.78, 5) is 0. The Morgan fingerprint density at radius 3 is 0.778 bits per heavy atom. The third-order valence-electron chi connectivity index (χ3n) is 0. The van der Waals surface area contributed by atoms with E-state index in [4.69, 9.17) is 0 Å². The van der Waals surface area contributed by atoms with Crippen molar-refractivity contribution in [1.29, 1.82) is 0 Å². The summed E-state index contributed by atoms with van der Waals surface area (Å²) in [5, 5.41) is 0. The van der Waals surface area contributed by atoms with Gasteiger partial charge in [-0.2, -0.15) is 12.6 Å². The first kappa shape index (κ1) is 22.8. The number of hydrogen-bond acceptors (Lipinski definition) is 1. The van der Waals surface area contributed by atoms with Crippen molar-refractivity contribution in [2.45, 2.75) is 48.0 Å². The van der Waals surface area contributed by atoms with Gasteiger partial charge in [-0.05, 0) is 6.26 Å². The molecule has 9 heavy (non-hydrogen) atoms. The minimum absolute atomic E-state index is 1.25. The van der Waals surface area contributed by atoms with Crippen LogP contribution in [0.15, 0.2) is 0 Å². The summed E-state index contributed by atoms with van der Waals surface area (Å²) in [6.07, 6.45) is 2.94. The van der Waals surface area contributed by atoms with Crippen LogP contribution < -0.4 is 0 Å². The minimum Gasteiger partial charge on any atom is -0.183 e. The summed E-state index contributed by atoms with van der Waals surface area (Å²) >= 11 is 3.53. The molecule has 0 aromatic rings. The van der Waals surface area contributed by atoms with E-state index < -0.39 is 0 Å². The molecule has 0 fully saturated rings. The van der Waals surface area contributed by atoms with Crippen LogP contribution in [0, 0.1) is 0 Å². The van der Waals surface area contributed by atoms with E-state index >= 15 is 0 Å². The first-order valence-corrected chi connectivity index (χ1v) is 4.76. The monoisotopic (exact) mass is 152 g/mol. The van der Waals surface area contributed by atoms with Crippen LogP contribution in [0.25, 0.3) is 0 Å². The molecule has 0 rings (SSSR count). The van der Waals surface area contributed by atoms with E-state index in [1.807, 2.05) is 27.7 Å². The van der Waals surface area contributed by atoms with Gasteiger partial charge in [-0.1, -0.05) is 48.0 Å². The Kier molecular flexibility index (Phi) is 626. The number of hydrogen-bond donors (Lipinski definition) is 1. The maximum atomic E-state index is 3.53. The molecule has 0 radical (unpaired) electrons. The van der Waals surface area contributed by atoms with Gasteiger partial charge in [0, 0.05) is 0 Å². The molecular formula is C8H24S. The van der Waals surface area contributed by atoms with E-state index in [0.717, 1.165) is 0 Å². The highest BCUT2D eigenvalue weighted by Crippen LogP contribution is 1.56. The van der Waals surface area contributed by atoms with Gasteiger partial charge in [0.25, 0.3) is 0 Å². The molecule has 0 N–H and O–H groups in total. The highest BCUT2D eigenvalue weighted by atomic mass is 32.1. The molecule has 0 bridgehead atoms. The van der Waals surface area contributed by atoms with Crippen LogP contribution in [-0.2, 0) is 0 Å². The highest BCUT2D eigenvalue weighted by Gasteiger charge is 1.35. The van der Waals surface area contributed by atoms with Crippen LogP contribution in [0.5, 0.6) is 0 Å². The van der Waals surface area contributed by atoms with E-state index in [1.165, 1.54) is 6.42 Å². The Morgan fingerprint density at radius 2 is 0.778 bits per heavy atom. The van der Waals surface area contributed by atoms with Crippen LogP contribution in [0.3, 0.4) is 0 Å². The average Bonchev–Trinajstić information content (AvgIpc) is 2.01. The zero-order valence-electron chi connectivity index (χ0n) is 8.15. The Balaban J connectivity index is -0.0000000190. The third kappa shape index (κ3) is 2750. The lowest BCUT2D eigenvalue weighted by molar-refractivity contribution is 1.09. The summed E-state index contributed by atoms with van der Waals surface area (Å²) in [7, 11) is 0. The third-order valence-corrected chi connectivity index (χ3v) is 0. The van der Waals surface area contributed by atoms with Gasteiger partial charge in [-0.15, -0.1) is 0 Å². The Bertz CT molecular complexity index is 4.53. The van der Waals surface area contributed by atoms with Gasteiger partial charge in [0.05, 0.1) is 0 Å². The molecule has 0 nitrogen and oxygen atoms in total. The second kappa shape index (κ2) is 248. The van der Waals surface area contributed by atoms with Gasteiger partial charge in [-0.3, -0.25) is 0 Å². The molecule has 0 heterocycles. The number of thiol groups is 1. The molecule has 0 unspecified atom stereocenters. The van der Waals surface area contributed by atoms with Crippen molar-refractivity contribution in [3.63, 3.8) is 0 Å². The zero-order valence-corrected chi connectivity index (χ0v) is 9.05. The molecule has 0 atom stereocenters. The smallest absolute Gasteiger partial charge is 0.0215 e. The molecule has 0 aromatic heterocycles. The summed E-state index contributed by atoms with van der Waals surface area (Å²) in [5.74, 6) is 0. The van der Waals surface area contributed by atoms with Crippen molar-refractivity contribution in [3.05, 3.63) is 0 Å². The van der Waals surface area contributed by atoms with E-state index in [9.17, 15) is 0 Å². The molecule has 0 aliphatic heterocycles. The fraction of sp³-hybridized carbons (Fsp3) is 1.00. The molecule has 0 aliphatic rings. The molecule has 1 heteroatoms. The largest absolute Gasteiger partial charge is 0.183 e. The maximum absolute atomic E-state index is 3.53. The van der Waals surface area contributed by atoms with E-state index in [0.29, 0.717) is 0 Å². The van der Waals surface area contributed by atoms with Crippen LogP contribution in [0.4, 0.5) is 0 Å². The first-order valence-electron chi connectivity index (χ1n) is 3.86. The van der Waals surface area contributed by atoms with E-state index in [-0.39, 0.29) is 0 Å². The predicted molar refractivity (Wildman–Crippen MR) is 53.6 cm³/mol. The quantitative estimate of drug-likeness (QED) is 0.498. The highest BCUT2D eigenvalue weighted by molar-refractivity contribution is 7.79. The fourth-order valence-corrected chi connectivity index (χ4v) is 0. The summed E-state index contributed by atoms with van der Waals surface area (Å²) in [6.45, 7) is 12.2. The van der Waals surface area contributed by atoms with Gasteiger partial charge in [-0.25, -0.2) is 0 Å². The topological polar surface area (TPSA) is 0 Å². The molecule has 0 saturated heterocycles. The fourth-order valence-electron chi connectivity index (χ4n) is 0. The molecule has 0 aliphatic carbocycles. The van der Waals surface area contributed by atoms with Crippen molar-refractivity contribution in [2.24, 2.45) is 0 Å². The number of rotatable bonds is 0. The lowest BCUT2D eigenvalue weighted by atomic mass is 10.6. The normalized spacial score (nSPS) is 4.00. The summed E-state index contributed by atoms with van der Waals surface area (Å²) in [5.41, 5.74) is 0. The molecular weight excluding hydrogens is 128 g/mol. The Hall–Kier alpha value is 0.350. The molecule has 0 aromatic carbocycles. The lowest BCUT2D eigenvalue weighted by Crippen LogP contribution is -1.27. The molecule has 0 saturated carbocycles. The van der Waals surface area contributed by atoms with Crippen molar-refractivity contribution in [1.82, 2.24) is 0 Å². The van der Waals surface area contributed by atoms with E-state index in [2.05, 4.69) is 26.5 Å². The Morgan fingerprint density at radius 1 is 0.778 bits per heavy atom.